The number of anilines is 1. The van der Waals surface area contributed by atoms with Crippen LogP contribution in [0.1, 0.15) is 10.5 Å². The molecular formula is C16H20N4O6S2. The van der Waals surface area contributed by atoms with Crippen molar-refractivity contribution in [3.05, 3.63) is 29.3 Å². The van der Waals surface area contributed by atoms with E-state index in [0.29, 0.717) is 37.2 Å². The van der Waals surface area contributed by atoms with Gasteiger partial charge in [0.05, 0.1) is 27.4 Å². The zero-order valence-electron chi connectivity index (χ0n) is 15.3. The van der Waals surface area contributed by atoms with E-state index in [4.69, 9.17) is 14.2 Å². The Morgan fingerprint density at radius 2 is 2.00 bits per heavy atom. The van der Waals surface area contributed by atoms with Gasteiger partial charge in [-0.3, -0.25) is 10.2 Å². The highest BCUT2D eigenvalue weighted by atomic mass is 32.2. The third-order valence-corrected chi connectivity index (χ3v) is 6.14. The third kappa shape index (κ3) is 4.52. The van der Waals surface area contributed by atoms with Crippen molar-refractivity contribution in [3.8, 4) is 11.5 Å². The number of hydrazine groups is 1. The van der Waals surface area contributed by atoms with Crippen molar-refractivity contribution in [3.63, 3.8) is 0 Å². The second-order valence-electron chi connectivity index (χ2n) is 5.69. The van der Waals surface area contributed by atoms with Crippen molar-refractivity contribution in [1.29, 1.82) is 0 Å². The van der Waals surface area contributed by atoms with Crippen LogP contribution < -0.4 is 24.6 Å². The zero-order valence-corrected chi connectivity index (χ0v) is 16.9. The maximum Gasteiger partial charge on any atom is 0.285 e. The summed E-state index contributed by atoms with van der Waals surface area (Å²) in [5.41, 5.74) is 2.29. The summed E-state index contributed by atoms with van der Waals surface area (Å²) < 4.78 is 40.5. The van der Waals surface area contributed by atoms with Crippen LogP contribution >= 0.6 is 11.3 Å². The number of carbonyl (C=O) groups excluding carboxylic acids is 1. The van der Waals surface area contributed by atoms with Gasteiger partial charge in [0.25, 0.3) is 15.9 Å². The summed E-state index contributed by atoms with van der Waals surface area (Å²) >= 11 is 1.31. The molecule has 2 heterocycles. The summed E-state index contributed by atoms with van der Waals surface area (Å²) in [6.45, 7) is 2.58. The Morgan fingerprint density at radius 1 is 1.25 bits per heavy atom. The van der Waals surface area contributed by atoms with Gasteiger partial charge in [-0.25, -0.2) is 13.4 Å². The first-order chi connectivity index (χ1) is 13.4. The van der Waals surface area contributed by atoms with Crippen LogP contribution in [0.3, 0.4) is 0 Å². The lowest BCUT2D eigenvalue weighted by atomic mass is 10.3. The van der Waals surface area contributed by atoms with Crippen LogP contribution in [0.2, 0.25) is 0 Å². The van der Waals surface area contributed by atoms with Gasteiger partial charge >= 0.3 is 0 Å². The molecule has 0 atom stereocenters. The second kappa shape index (κ2) is 8.73. The van der Waals surface area contributed by atoms with E-state index in [2.05, 4.69) is 15.2 Å². The van der Waals surface area contributed by atoms with E-state index in [-0.39, 0.29) is 16.3 Å². The first-order valence-electron chi connectivity index (χ1n) is 8.27. The number of morpholine rings is 1. The Balaban J connectivity index is 1.69. The number of thiazole rings is 1. The zero-order chi connectivity index (χ0) is 20.1. The van der Waals surface area contributed by atoms with E-state index in [1.807, 2.05) is 4.90 Å². The van der Waals surface area contributed by atoms with Crippen LogP contribution in [-0.2, 0) is 14.8 Å². The molecule has 1 aromatic carbocycles. The van der Waals surface area contributed by atoms with Crippen molar-refractivity contribution < 1.29 is 27.4 Å². The first-order valence-corrected chi connectivity index (χ1v) is 10.6. The molecule has 1 fully saturated rings. The molecule has 1 aliphatic rings. The normalized spacial score (nSPS) is 14.6. The minimum absolute atomic E-state index is 0.116. The van der Waals surface area contributed by atoms with Crippen LogP contribution in [0.25, 0.3) is 0 Å². The number of benzene rings is 1. The van der Waals surface area contributed by atoms with Crippen LogP contribution in [-0.4, -0.2) is 59.8 Å². The van der Waals surface area contributed by atoms with E-state index in [1.165, 1.54) is 37.7 Å². The summed E-state index contributed by atoms with van der Waals surface area (Å²) in [6, 6.07) is 4.33. The largest absolute Gasteiger partial charge is 0.497 e. The fourth-order valence-corrected chi connectivity index (χ4v) is 4.38. The maximum atomic E-state index is 12.6. The van der Waals surface area contributed by atoms with Crippen molar-refractivity contribution in [2.75, 3.05) is 45.4 Å². The third-order valence-electron chi connectivity index (χ3n) is 3.97. The first kappa shape index (κ1) is 20.3. The summed E-state index contributed by atoms with van der Waals surface area (Å²) in [5.74, 6) is -0.214. The fourth-order valence-electron chi connectivity index (χ4n) is 2.49. The predicted molar refractivity (Wildman–Crippen MR) is 102 cm³/mol. The molecule has 1 aromatic heterocycles. The molecule has 0 bridgehead atoms. The lowest BCUT2D eigenvalue weighted by molar-refractivity contribution is 0.0940. The van der Waals surface area contributed by atoms with Gasteiger partial charge in [0, 0.05) is 24.5 Å². The minimum Gasteiger partial charge on any atom is -0.497 e. The van der Waals surface area contributed by atoms with Crippen LogP contribution in [0.5, 0.6) is 11.5 Å². The number of ether oxygens (including phenoxy) is 3. The summed E-state index contributed by atoms with van der Waals surface area (Å²) in [6.07, 6.45) is 0. The smallest absolute Gasteiger partial charge is 0.285 e. The van der Waals surface area contributed by atoms with Crippen LogP contribution in [0, 0.1) is 0 Å². The molecule has 0 aliphatic carbocycles. The van der Waals surface area contributed by atoms with Crippen LogP contribution in [0.4, 0.5) is 5.13 Å². The SMILES string of the molecule is COc1ccc(OC)c(S(=O)(=O)NNC(=O)c2csc(N3CCOCC3)n2)c1. The fraction of sp³-hybridized carbons (Fsp3) is 0.375. The van der Waals surface area contributed by atoms with Gasteiger partial charge in [-0.2, -0.15) is 0 Å². The van der Waals surface area contributed by atoms with Gasteiger partial charge in [-0.15, -0.1) is 16.2 Å². The monoisotopic (exact) mass is 428 g/mol. The molecular weight excluding hydrogens is 408 g/mol. The number of carbonyl (C=O) groups is 1. The number of sulfonamides is 1. The number of rotatable bonds is 7. The molecule has 28 heavy (non-hydrogen) atoms. The number of hydrogen-bond donors (Lipinski definition) is 2. The highest BCUT2D eigenvalue weighted by Crippen LogP contribution is 2.27. The van der Waals surface area contributed by atoms with Crippen molar-refractivity contribution in [1.82, 2.24) is 15.2 Å². The summed E-state index contributed by atoms with van der Waals surface area (Å²) in [4.78, 5) is 20.5. The molecule has 2 N–H and O–H groups in total. The molecule has 0 radical (unpaired) electrons. The number of aromatic nitrogens is 1. The highest BCUT2D eigenvalue weighted by Gasteiger charge is 2.23. The molecule has 0 spiro atoms. The van der Waals surface area contributed by atoms with Gasteiger partial charge in [-0.1, -0.05) is 0 Å². The molecule has 1 aliphatic heterocycles. The molecule has 1 saturated heterocycles. The minimum atomic E-state index is -4.09. The Labute approximate surface area is 166 Å². The van der Waals surface area contributed by atoms with E-state index in [9.17, 15) is 13.2 Å². The van der Waals surface area contributed by atoms with Crippen molar-refractivity contribution >= 4 is 32.4 Å². The van der Waals surface area contributed by atoms with E-state index < -0.39 is 15.9 Å². The van der Waals surface area contributed by atoms with Gasteiger partial charge in [0.2, 0.25) is 0 Å². The number of nitrogens with zero attached hydrogens (tertiary/aromatic N) is 2. The summed E-state index contributed by atoms with van der Waals surface area (Å²) in [7, 11) is -1.32. The van der Waals surface area contributed by atoms with E-state index in [0.717, 1.165) is 0 Å². The molecule has 3 rings (SSSR count). The second-order valence-corrected chi connectivity index (χ2v) is 8.18. The lowest BCUT2D eigenvalue weighted by Crippen LogP contribution is -2.42. The average molecular weight is 428 g/mol. The van der Waals surface area contributed by atoms with Crippen molar-refractivity contribution in [2.45, 2.75) is 4.90 Å². The summed E-state index contributed by atoms with van der Waals surface area (Å²) in [5, 5.41) is 2.26. The van der Waals surface area contributed by atoms with Gasteiger partial charge in [-0.05, 0) is 12.1 Å². The van der Waals surface area contributed by atoms with E-state index in [1.54, 1.807) is 11.4 Å². The van der Waals surface area contributed by atoms with Crippen molar-refractivity contribution in [2.24, 2.45) is 0 Å². The Morgan fingerprint density at radius 3 is 2.68 bits per heavy atom. The molecule has 12 heteroatoms. The number of amides is 1. The Bertz CT molecular complexity index is 940. The Hall–Kier alpha value is -2.41. The highest BCUT2D eigenvalue weighted by molar-refractivity contribution is 7.89. The standard InChI is InChI=1S/C16H20N4O6S2/c1-24-11-3-4-13(25-2)14(9-11)28(22,23)19-18-15(21)12-10-27-16(17-12)20-5-7-26-8-6-20/h3-4,9-10,19H,5-8H2,1-2H3,(H,18,21). The van der Waals surface area contributed by atoms with Crippen LogP contribution in [0.15, 0.2) is 28.5 Å². The lowest BCUT2D eigenvalue weighted by Gasteiger charge is -2.25. The molecule has 0 saturated carbocycles. The molecule has 0 unspecified atom stereocenters. The molecule has 152 valence electrons. The molecule has 10 nitrogen and oxygen atoms in total. The maximum absolute atomic E-state index is 12.6. The number of methoxy groups -OCH3 is 2. The predicted octanol–water partition coefficient (Wildman–Crippen LogP) is 0.620. The number of nitrogens with one attached hydrogen (secondary N) is 2. The quantitative estimate of drug-likeness (QED) is 0.616. The average Bonchev–Trinajstić information content (AvgIpc) is 3.22. The molecule has 2 aromatic rings. The van der Waals surface area contributed by atoms with E-state index >= 15 is 0 Å². The topological polar surface area (TPSA) is 119 Å². The van der Waals surface area contributed by atoms with Gasteiger partial charge in [0.1, 0.15) is 22.1 Å². The molecule has 1 amide bonds. The van der Waals surface area contributed by atoms with Gasteiger partial charge < -0.3 is 19.1 Å². The number of hydrogen-bond acceptors (Lipinski definition) is 9. The van der Waals surface area contributed by atoms with Gasteiger partial charge in [0.15, 0.2) is 5.13 Å². The Kier molecular flexibility index (Phi) is 6.34.